The van der Waals surface area contributed by atoms with Crippen LogP contribution in [0.2, 0.25) is 0 Å². The van der Waals surface area contributed by atoms with Crippen LogP contribution in [-0.4, -0.2) is 72.8 Å². The third-order valence-electron chi connectivity index (χ3n) is 7.08. The third kappa shape index (κ3) is 18.3. The summed E-state index contributed by atoms with van der Waals surface area (Å²) < 4.78 is 15.5. The molecule has 236 valence electrons. The normalized spacial score (nSPS) is 14.3. The van der Waals surface area contributed by atoms with Crippen LogP contribution in [-0.2, 0) is 33.4 Å². The summed E-state index contributed by atoms with van der Waals surface area (Å²) in [4.78, 5) is 59.2. The van der Waals surface area contributed by atoms with Gasteiger partial charge in [-0.2, -0.15) is 0 Å². The van der Waals surface area contributed by atoms with Gasteiger partial charge >= 0.3 is 24.0 Å². The number of hydrogen-bond donors (Lipinski definition) is 2. The number of alkyl carbamates (subject to hydrolysis) is 1. The Hall–Kier alpha value is -1.95. The molecule has 41 heavy (non-hydrogen) atoms. The van der Waals surface area contributed by atoms with Gasteiger partial charge in [-0.1, -0.05) is 67.5 Å². The fraction of sp³-hybridized carbons (Fsp3) is 0.828. The predicted molar refractivity (Wildman–Crippen MR) is 161 cm³/mol. The van der Waals surface area contributed by atoms with Gasteiger partial charge in [0.1, 0.15) is 19.8 Å². The Kier molecular flexibility index (Phi) is 20.5. The summed E-state index contributed by atoms with van der Waals surface area (Å²) in [5.74, 6) is -0.465. The van der Waals surface area contributed by atoms with Gasteiger partial charge < -0.3 is 24.6 Å². The molecule has 1 saturated carbocycles. The van der Waals surface area contributed by atoms with Gasteiger partial charge in [0, 0.05) is 36.8 Å². The van der Waals surface area contributed by atoms with Crippen molar-refractivity contribution in [1.29, 1.82) is 0 Å². The highest BCUT2D eigenvalue weighted by Gasteiger charge is 2.34. The number of esters is 2. The number of unbranched alkanes of at least 4 members (excludes halogenated alkanes) is 1. The molecule has 0 unspecified atom stereocenters. The summed E-state index contributed by atoms with van der Waals surface area (Å²) in [6.45, 7) is 4.71. The minimum Gasteiger partial charge on any atom is -0.481 e. The highest BCUT2D eigenvalue weighted by atomic mass is 33.1. The molecule has 1 rings (SSSR count). The molecule has 0 spiro atoms. The summed E-state index contributed by atoms with van der Waals surface area (Å²) in [5.41, 5.74) is -0.385. The average molecular weight is 620 g/mol. The number of ether oxygens (including phenoxy) is 3. The van der Waals surface area contributed by atoms with Gasteiger partial charge in [0.2, 0.25) is 0 Å². The van der Waals surface area contributed by atoms with Crippen molar-refractivity contribution in [1.82, 2.24) is 5.32 Å². The number of nitrogens with one attached hydrogen (secondary N) is 1. The van der Waals surface area contributed by atoms with Crippen LogP contribution >= 0.6 is 21.6 Å². The Morgan fingerprint density at radius 1 is 0.829 bits per heavy atom. The highest BCUT2D eigenvalue weighted by molar-refractivity contribution is 8.76. The number of ketones is 1. The molecule has 1 amide bonds. The number of carbonyl (C=O) groups is 5. The SMILES string of the molecule is CCCC(CCC)C(=O)COC(=O)CCCCC(=O)OCCSSCCOC(=O)NCC1(CC(=O)O)CCCCC1. The molecule has 0 radical (unpaired) electrons. The van der Waals surface area contributed by atoms with E-state index in [1.165, 1.54) is 21.6 Å². The number of Topliss-reactive ketones (excluding diaryl/α,β-unsaturated/α-hetero) is 1. The van der Waals surface area contributed by atoms with E-state index in [-0.39, 0.29) is 62.2 Å². The standard InChI is InChI=1S/C29H49NO9S2/c1-3-10-23(11-4-2)24(31)21-39-27(35)13-7-6-12-26(34)37-16-18-40-41-19-17-38-28(36)30-22-29(20-25(32)33)14-8-5-9-15-29/h23H,3-22H2,1-2H3,(H,30,36)(H,32,33). The van der Waals surface area contributed by atoms with Crippen LogP contribution in [0, 0.1) is 11.3 Å². The van der Waals surface area contributed by atoms with Gasteiger partial charge in [0.15, 0.2) is 5.78 Å². The molecule has 1 fully saturated rings. The van der Waals surface area contributed by atoms with E-state index in [0.29, 0.717) is 30.9 Å². The van der Waals surface area contributed by atoms with E-state index < -0.39 is 18.0 Å². The van der Waals surface area contributed by atoms with Crippen molar-refractivity contribution in [3.05, 3.63) is 0 Å². The first-order valence-electron chi connectivity index (χ1n) is 14.9. The molecule has 12 heteroatoms. The van der Waals surface area contributed by atoms with Gasteiger partial charge in [-0.3, -0.25) is 19.2 Å². The Morgan fingerprint density at radius 2 is 1.39 bits per heavy atom. The monoisotopic (exact) mass is 619 g/mol. The lowest BCUT2D eigenvalue weighted by atomic mass is 9.72. The van der Waals surface area contributed by atoms with Crippen molar-refractivity contribution in [2.75, 3.05) is 37.9 Å². The molecule has 2 N–H and O–H groups in total. The summed E-state index contributed by atoms with van der Waals surface area (Å²) in [6, 6.07) is 0. The lowest BCUT2D eigenvalue weighted by Gasteiger charge is -2.36. The summed E-state index contributed by atoms with van der Waals surface area (Å²) >= 11 is 0. The molecule has 0 heterocycles. The van der Waals surface area contributed by atoms with Gasteiger partial charge in [0.05, 0.1) is 6.42 Å². The maximum atomic E-state index is 12.2. The zero-order valence-electron chi connectivity index (χ0n) is 24.7. The number of carboxylic acids is 1. The van der Waals surface area contributed by atoms with E-state index in [9.17, 15) is 29.1 Å². The molecule has 0 atom stereocenters. The Bertz CT molecular complexity index is 797. The number of rotatable bonds is 23. The Morgan fingerprint density at radius 3 is 1.95 bits per heavy atom. The molecule has 0 aromatic carbocycles. The molecular formula is C29H49NO9S2. The van der Waals surface area contributed by atoms with Crippen LogP contribution in [0.5, 0.6) is 0 Å². The second-order valence-corrected chi connectivity index (χ2v) is 13.3. The fourth-order valence-electron chi connectivity index (χ4n) is 4.94. The van der Waals surface area contributed by atoms with Crippen molar-refractivity contribution in [2.45, 2.75) is 104 Å². The second-order valence-electron chi connectivity index (χ2n) is 10.6. The second kappa shape index (κ2) is 22.6. The third-order valence-corrected chi connectivity index (χ3v) is 9.41. The Balaban J connectivity index is 2.01. The zero-order chi connectivity index (χ0) is 30.3. The molecular weight excluding hydrogens is 570 g/mol. The van der Waals surface area contributed by atoms with E-state index in [4.69, 9.17) is 14.2 Å². The highest BCUT2D eigenvalue weighted by Crippen LogP contribution is 2.38. The van der Waals surface area contributed by atoms with Crippen LogP contribution < -0.4 is 5.32 Å². The molecule has 1 aliphatic rings. The molecule has 0 aliphatic heterocycles. The van der Waals surface area contributed by atoms with Gasteiger partial charge in [-0.15, -0.1) is 0 Å². The molecule has 10 nitrogen and oxygen atoms in total. The first-order valence-corrected chi connectivity index (χ1v) is 17.4. The number of carboxylic acid groups (broad SMARTS) is 1. The lowest BCUT2D eigenvalue weighted by Crippen LogP contribution is -2.40. The van der Waals surface area contributed by atoms with Crippen LogP contribution in [0.3, 0.4) is 0 Å². The van der Waals surface area contributed by atoms with Crippen LogP contribution in [0.15, 0.2) is 0 Å². The number of amides is 1. The topological polar surface area (TPSA) is 145 Å². The minimum atomic E-state index is -0.841. The van der Waals surface area contributed by atoms with Crippen LogP contribution in [0.25, 0.3) is 0 Å². The van der Waals surface area contributed by atoms with E-state index >= 15 is 0 Å². The van der Waals surface area contributed by atoms with Crippen molar-refractivity contribution in [3.63, 3.8) is 0 Å². The van der Waals surface area contributed by atoms with E-state index in [2.05, 4.69) is 5.32 Å². The first-order chi connectivity index (χ1) is 19.7. The maximum absolute atomic E-state index is 12.2. The molecule has 0 saturated heterocycles. The van der Waals surface area contributed by atoms with Gasteiger partial charge in [-0.05, 0) is 43.9 Å². The molecule has 0 aromatic heterocycles. The predicted octanol–water partition coefficient (Wildman–Crippen LogP) is 5.95. The van der Waals surface area contributed by atoms with Crippen molar-refractivity contribution in [2.24, 2.45) is 11.3 Å². The summed E-state index contributed by atoms with van der Waals surface area (Å²) in [7, 11) is 3.02. The largest absolute Gasteiger partial charge is 0.481 e. The van der Waals surface area contributed by atoms with Crippen molar-refractivity contribution in [3.8, 4) is 0 Å². The molecule has 0 bridgehead atoms. The van der Waals surface area contributed by atoms with Gasteiger partial charge in [-0.25, -0.2) is 4.79 Å². The molecule has 1 aliphatic carbocycles. The minimum absolute atomic E-state index is 0.0167. The first kappa shape index (κ1) is 37.1. The molecule has 0 aromatic rings. The average Bonchev–Trinajstić information content (AvgIpc) is 2.94. The smallest absolute Gasteiger partial charge is 0.407 e. The van der Waals surface area contributed by atoms with Gasteiger partial charge in [0.25, 0.3) is 0 Å². The van der Waals surface area contributed by atoms with E-state index in [1.54, 1.807) is 0 Å². The lowest BCUT2D eigenvalue weighted by molar-refractivity contribution is -0.149. The van der Waals surface area contributed by atoms with Crippen LogP contribution in [0.1, 0.15) is 104 Å². The number of hydrogen-bond acceptors (Lipinski definition) is 10. The van der Waals surface area contributed by atoms with Crippen molar-refractivity contribution < 1.29 is 43.3 Å². The van der Waals surface area contributed by atoms with E-state index in [1.807, 2.05) is 13.8 Å². The zero-order valence-corrected chi connectivity index (χ0v) is 26.4. The number of aliphatic carboxylic acids is 1. The van der Waals surface area contributed by atoms with E-state index in [0.717, 1.165) is 57.8 Å². The number of carbonyl (C=O) groups excluding carboxylic acids is 4. The fourth-order valence-corrected chi connectivity index (χ4v) is 6.59. The van der Waals surface area contributed by atoms with Crippen molar-refractivity contribution >= 4 is 51.4 Å². The van der Waals surface area contributed by atoms with Crippen LogP contribution in [0.4, 0.5) is 4.79 Å². The quantitative estimate of drug-likeness (QED) is 0.0605. The summed E-state index contributed by atoms with van der Waals surface area (Å²) in [5, 5.41) is 12.0. The summed E-state index contributed by atoms with van der Waals surface area (Å²) in [6.07, 6.45) is 9.05. The maximum Gasteiger partial charge on any atom is 0.407 e. The Labute approximate surface area is 252 Å².